The van der Waals surface area contributed by atoms with Crippen molar-refractivity contribution in [2.45, 2.75) is 12.5 Å². The fourth-order valence-electron chi connectivity index (χ4n) is 3.20. The van der Waals surface area contributed by atoms with Crippen LogP contribution in [-0.4, -0.2) is 16.6 Å². The monoisotopic (exact) mass is 334 g/mol. The fraction of sp³-hybridized carbons (Fsp3) is 0.176. The fourth-order valence-corrected chi connectivity index (χ4v) is 3.37. The van der Waals surface area contributed by atoms with Crippen molar-refractivity contribution >= 4 is 34.9 Å². The first-order chi connectivity index (χ1) is 10.2. The summed E-state index contributed by atoms with van der Waals surface area (Å²) >= 11 is 6.13. The molecule has 2 aromatic carbocycles. The Morgan fingerprint density at radius 2 is 1.95 bits per heavy atom. The number of hydrogen-bond acceptors (Lipinski definition) is 2. The highest BCUT2D eigenvalue weighted by atomic mass is 35.5. The van der Waals surface area contributed by atoms with E-state index in [1.165, 1.54) is 10.9 Å². The van der Waals surface area contributed by atoms with Crippen LogP contribution in [0.3, 0.4) is 0 Å². The first-order valence-corrected chi connectivity index (χ1v) is 7.43. The maximum Gasteiger partial charge on any atom is 0.120 e. The molecule has 3 aromatic rings. The zero-order valence-corrected chi connectivity index (χ0v) is 13.3. The van der Waals surface area contributed by atoms with Gasteiger partial charge in [-0.25, -0.2) is 0 Å². The number of H-pyrrole nitrogens is 1. The Balaban J connectivity index is 0.00000144. The van der Waals surface area contributed by atoms with Gasteiger partial charge < -0.3 is 15.4 Å². The molecule has 1 unspecified atom stereocenters. The molecule has 0 fully saturated rings. The van der Waals surface area contributed by atoms with Crippen molar-refractivity contribution < 1.29 is 5.11 Å². The number of hydrogen-bond donors (Lipinski definition) is 3. The Morgan fingerprint density at radius 1 is 1.14 bits per heavy atom. The summed E-state index contributed by atoms with van der Waals surface area (Å²) in [5.74, 6) is 0.319. The number of para-hydroxylation sites is 1. The smallest absolute Gasteiger partial charge is 0.120 e. The molecule has 4 rings (SSSR count). The van der Waals surface area contributed by atoms with Gasteiger partial charge in [-0.15, -0.1) is 12.4 Å². The lowest BCUT2D eigenvalue weighted by Crippen LogP contribution is -2.30. The summed E-state index contributed by atoms with van der Waals surface area (Å²) in [4.78, 5) is 3.49. The van der Waals surface area contributed by atoms with E-state index in [1.807, 2.05) is 36.4 Å². The second-order valence-electron chi connectivity index (χ2n) is 5.40. The van der Waals surface area contributed by atoms with Crippen LogP contribution in [0.25, 0.3) is 10.9 Å². The molecule has 1 aromatic heterocycles. The van der Waals surface area contributed by atoms with E-state index in [0.29, 0.717) is 5.75 Å². The van der Waals surface area contributed by atoms with E-state index in [4.69, 9.17) is 11.6 Å². The molecule has 0 bridgehead atoms. The van der Waals surface area contributed by atoms with Crippen LogP contribution in [0.15, 0.2) is 42.5 Å². The average molecular weight is 335 g/mol. The molecule has 0 radical (unpaired) electrons. The number of halogens is 2. The zero-order valence-electron chi connectivity index (χ0n) is 11.8. The van der Waals surface area contributed by atoms with Crippen molar-refractivity contribution in [2.24, 2.45) is 0 Å². The van der Waals surface area contributed by atoms with Gasteiger partial charge in [0, 0.05) is 33.7 Å². The second kappa shape index (κ2) is 5.84. The highest BCUT2D eigenvalue weighted by Crippen LogP contribution is 2.37. The Labute approximate surface area is 139 Å². The molecule has 22 heavy (non-hydrogen) atoms. The summed E-state index contributed by atoms with van der Waals surface area (Å²) in [7, 11) is 0. The molecule has 0 spiro atoms. The summed E-state index contributed by atoms with van der Waals surface area (Å²) in [6.07, 6.45) is 0.958. The third-order valence-electron chi connectivity index (χ3n) is 4.16. The van der Waals surface area contributed by atoms with E-state index >= 15 is 0 Å². The average Bonchev–Trinajstić information content (AvgIpc) is 2.86. The third kappa shape index (κ3) is 2.35. The van der Waals surface area contributed by atoms with Gasteiger partial charge in [0.05, 0.1) is 6.04 Å². The molecule has 1 aliphatic heterocycles. The number of aromatic nitrogens is 1. The lowest BCUT2D eigenvalue weighted by molar-refractivity contribution is 0.452. The molecular weight excluding hydrogens is 319 g/mol. The van der Waals surface area contributed by atoms with E-state index in [0.717, 1.165) is 34.8 Å². The van der Waals surface area contributed by atoms with Gasteiger partial charge in [0.2, 0.25) is 0 Å². The topological polar surface area (TPSA) is 48.0 Å². The Kier molecular flexibility index (Phi) is 4.04. The summed E-state index contributed by atoms with van der Waals surface area (Å²) in [5.41, 5.74) is 4.41. The summed E-state index contributed by atoms with van der Waals surface area (Å²) < 4.78 is 0. The van der Waals surface area contributed by atoms with E-state index in [-0.39, 0.29) is 18.4 Å². The minimum absolute atomic E-state index is 0. The van der Waals surface area contributed by atoms with Crippen LogP contribution >= 0.6 is 24.0 Å². The molecule has 3 nitrogen and oxygen atoms in total. The molecule has 2 heterocycles. The van der Waals surface area contributed by atoms with Crippen LogP contribution in [-0.2, 0) is 6.42 Å². The van der Waals surface area contributed by atoms with Crippen molar-refractivity contribution in [1.82, 2.24) is 10.3 Å². The molecule has 0 aliphatic carbocycles. The molecule has 3 N–H and O–H groups in total. The van der Waals surface area contributed by atoms with Crippen molar-refractivity contribution in [1.29, 1.82) is 0 Å². The number of benzene rings is 2. The van der Waals surface area contributed by atoms with Gasteiger partial charge >= 0.3 is 0 Å². The molecule has 5 heteroatoms. The summed E-state index contributed by atoms with van der Waals surface area (Å²) in [6, 6.07) is 13.4. The SMILES string of the molecule is Cl.Oc1ccccc1C1NCCc2c1[nH]c1ccc(Cl)cc21. The van der Waals surface area contributed by atoms with Crippen LogP contribution in [0.4, 0.5) is 0 Å². The van der Waals surface area contributed by atoms with Crippen LogP contribution < -0.4 is 5.32 Å². The maximum atomic E-state index is 10.1. The number of phenols is 1. The maximum absolute atomic E-state index is 10.1. The number of fused-ring (bicyclic) bond motifs is 3. The first-order valence-electron chi connectivity index (χ1n) is 7.05. The molecular formula is C17H16Cl2N2O. The Hall–Kier alpha value is -1.68. The number of rotatable bonds is 1. The number of aromatic amines is 1. The van der Waals surface area contributed by atoms with Gasteiger partial charge in [0.25, 0.3) is 0 Å². The van der Waals surface area contributed by atoms with Gasteiger partial charge in [-0.05, 0) is 36.2 Å². The van der Waals surface area contributed by atoms with Crippen molar-refractivity contribution in [3.05, 3.63) is 64.3 Å². The molecule has 0 saturated carbocycles. The molecule has 1 aliphatic rings. The third-order valence-corrected chi connectivity index (χ3v) is 4.40. The minimum Gasteiger partial charge on any atom is -0.508 e. The predicted molar refractivity (Wildman–Crippen MR) is 92.2 cm³/mol. The Morgan fingerprint density at radius 3 is 2.77 bits per heavy atom. The van der Waals surface area contributed by atoms with E-state index < -0.39 is 0 Å². The van der Waals surface area contributed by atoms with E-state index in [1.54, 1.807) is 6.07 Å². The van der Waals surface area contributed by atoms with E-state index in [2.05, 4.69) is 10.3 Å². The zero-order chi connectivity index (χ0) is 14.4. The summed E-state index contributed by atoms with van der Waals surface area (Å²) in [5, 5.41) is 15.5. The standard InChI is InChI=1S/C17H15ClN2O.ClH/c18-10-5-6-14-13(9-10)11-7-8-19-16(17(11)20-14)12-3-1-2-4-15(12)21;/h1-6,9,16,19-21H,7-8H2;1H. The highest BCUT2D eigenvalue weighted by molar-refractivity contribution is 6.31. The van der Waals surface area contributed by atoms with Crippen LogP contribution in [0, 0.1) is 0 Å². The largest absolute Gasteiger partial charge is 0.508 e. The van der Waals surface area contributed by atoms with Crippen molar-refractivity contribution in [2.75, 3.05) is 6.54 Å². The minimum atomic E-state index is -0.0128. The van der Waals surface area contributed by atoms with E-state index in [9.17, 15) is 5.11 Å². The second-order valence-corrected chi connectivity index (χ2v) is 5.84. The van der Waals surface area contributed by atoms with Gasteiger partial charge in [-0.2, -0.15) is 0 Å². The lowest BCUT2D eigenvalue weighted by Gasteiger charge is -2.25. The molecule has 1 atom stereocenters. The Bertz CT molecular complexity index is 829. The summed E-state index contributed by atoms with van der Waals surface area (Å²) in [6.45, 7) is 0.880. The first kappa shape index (κ1) is 15.2. The van der Waals surface area contributed by atoms with Gasteiger partial charge in [0.15, 0.2) is 0 Å². The molecule has 114 valence electrons. The van der Waals surface area contributed by atoms with Gasteiger partial charge in [-0.3, -0.25) is 0 Å². The number of phenolic OH excluding ortho intramolecular Hbond substituents is 1. The van der Waals surface area contributed by atoms with Gasteiger partial charge in [0.1, 0.15) is 5.75 Å². The number of nitrogens with one attached hydrogen (secondary N) is 2. The molecule has 0 saturated heterocycles. The van der Waals surface area contributed by atoms with Gasteiger partial charge in [-0.1, -0.05) is 29.8 Å². The highest BCUT2D eigenvalue weighted by Gasteiger charge is 2.26. The van der Waals surface area contributed by atoms with Crippen LogP contribution in [0.1, 0.15) is 22.9 Å². The quantitative estimate of drug-likeness (QED) is 0.625. The normalized spacial score (nSPS) is 17.0. The number of aromatic hydroxyl groups is 1. The predicted octanol–water partition coefficient (Wildman–Crippen LogP) is 4.18. The van der Waals surface area contributed by atoms with Crippen molar-refractivity contribution in [3.8, 4) is 5.75 Å². The molecule has 0 amide bonds. The van der Waals surface area contributed by atoms with Crippen molar-refractivity contribution in [3.63, 3.8) is 0 Å². The lowest BCUT2D eigenvalue weighted by atomic mass is 9.94. The van der Waals surface area contributed by atoms with Crippen LogP contribution in [0.2, 0.25) is 5.02 Å². The van der Waals surface area contributed by atoms with Crippen LogP contribution in [0.5, 0.6) is 5.75 Å².